The number of nitrogens with one attached hydrogen (secondary N) is 1. The first-order valence-corrected chi connectivity index (χ1v) is 5.38. The summed E-state index contributed by atoms with van der Waals surface area (Å²) in [6.07, 6.45) is 0. The number of methoxy groups -OCH3 is 1. The van der Waals surface area contributed by atoms with Crippen molar-refractivity contribution in [2.24, 2.45) is 5.73 Å². The highest BCUT2D eigenvalue weighted by Gasteiger charge is 2.12. The number of ether oxygens (including phenoxy) is 1. The molecule has 0 aliphatic rings. The molecule has 0 fully saturated rings. The molecule has 4 N–H and O–H groups in total. The van der Waals surface area contributed by atoms with Gasteiger partial charge in [0.1, 0.15) is 6.04 Å². The summed E-state index contributed by atoms with van der Waals surface area (Å²) in [5.74, 6) is -0.249. The topological polar surface area (TPSA) is 84.6 Å². The van der Waals surface area contributed by atoms with Crippen molar-refractivity contribution in [3.63, 3.8) is 0 Å². The van der Waals surface area contributed by atoms with Crippen LogP contribution >= 0.6 is 12.4 Å². The second kappa shape index (κ2) is 8.88. The average molecular weight is 275 g/mol. The van der Waals surface area contributed by atoms with Crippen molar-refractivity contribution in [1.29, 1.82) is 0 Å². The molecule has 102 valence electrons. The molecule has 0 heterocycles. The number of hydrogen-bond acceptors (Lipinski definition) is 4. The smallest absolute Gasteiger partial charge is 0.239 e. The monoisotopic (exact) mass is 274 g/mol. The van der Waals surface area contributed by atoms with Gasteiger partial charge in [-0.1, -0.05) is 24.3 Å². The molecule has 0 spiro atoms. The number of carbonyl (C=O) groups is 1. The molecule has 1 amide bonds. The zero-order valence-electron chi connectivity index (χ0n) is 10.3. The fraction of sp³-hybridized carbons (Fsp3) is 0.417. The molecule has 0 saturated heterocycles. The number of hydrogen-bond donors (Lipinski definition) is 3. The number of nitrogens with two attached hydrogens (primary N) is 1. The fourth-order valence-electron chi connectivity index (χ4n) is 1.41. The SMILES string of the molecule is COCC(N)C(=O)NCc1cccc(CO)c1.Cl. The highest BCUT2D eigenvalue weighted by molar-refractivity contribution is 5.85. The number of carbonyl (C=O) groups excluding carboxylic acids is 1. The Morgan fingerprint density at radius 3 is 2.78 bits per heavy atom. The molecule has 18 heavy (non-hydrogen) atoms. The predicted octanol–water partition coefficient (Wildman–Crippen LogP) is 0.191. The first-order chi connectivity index (χ1) is 8.17. The van der Waals surface area contributed by atoms with Crippen LogP contribution in [0.3, 0.4) is 0 Å². The van der Waals surface area contributed by atoms with Crippen molar-refractivity contribution in [3.8, 4) is 0 Å². The van der Waals surface area contributed by atoms with Gasteiger partial charge in [-0.15, -0.1) is 12.4 Å². The number of aliphatic hydroxyl groups excluding tert-OH is 1. The van der Waals surface area contributed by atoms with Crippen molar-refractivity contribution in [2.75, 3.05) is 13.7 Å². The molecular formula is C12H19ClN2O3. The lowest BCUT2D eigenvalue weighted by Gasteiger charge is -2.11. The number of amides is 1. The van der Waals surface area contributed by atoms with Crippen LogP contribution in [0.4, 0.5) is 0 Å². The normalized spacial score (nSPS) is 11.5. The van der Waals surface area contributed by atoms with Crippen LogP contribution < -0.4 is 11.1 Å². The van der Waals surface area contributed by atoms with E-state index in [0.29, 0.717) is 6.54 Å². The molecule has 1 unspecified atom stereocenters. The fourth-order valence-corrected chi connectivity index (χ4v) is 1.41. The summed E-state index contributed by atoms with van der Waals surface area (Å²) in [4.78, 5) is 11.5. The second-order valence-corrected chi connectivity index (χ2v) is 3.76. The molecular weight excluding hydrogens is 256 g/mol. The minimum Gasteiger partial charge on any atom is -0.392 e. The minimum atomic E-state index is -0.652. The maximum Gasteiger partial charge on any atom is 0.239 e. The summed E-state index contributed by atoms with van der Waals surface area (Å²) in [5.41, 5.74) is 7.31. The molecule has 0 saturated carbocycles. The van der Waals surface area contributed by atoms with E-state index in [0.717, 1.165) is 11.1 Å². The molecule has 6 heteroatoms. The van der Waals surface area contributed by atoms with Gasteiger partial charge in [0.25, 0.3) is 0 Å². The van der Waals surface area contributed by atoms with Crippen molar-refractivity contribution in [2.45, 2.75) is 19.2 Å². The second-order valence-electron chi connectivity index (χ2n) is 3.76. The van der Waals surface area contributed by atoms with Crippen LogP contribution in [-0.4, -0.2) is 30.8 Å². The summed E-state index contributed by atoms with van der Waals surface area (Å²) in [5, 5.41) is 11.7. The quantitative estimate of drug-likeness (QED) is 0.691. The standard InChI is InChI=1S/C12H18N2O3.ClH/c1-17-8-11(13)12(16)14-6-9-3-2-4-10(5-9)7-15;/h2-5,11,15H,6-8,13H2,1H3,(H,14,16);1H. The highest BCUT2D eigenvalue weighted by atomic mass is 35.5. The molecule has 5 nitrogen and oxygen atoms in total. The molecule has 1 rings (SSSR count). The van der Waals surface area contributed by atoms with Gasteiger partial charge in [-0.05, 0) is 11.1 Å². The molecule has 1 atom stereocenters. The van der Waals surface area contributed by atoms with E-state index in [1.54, 1.807) is 0 Å². The van der Waals surface area contributed by atoms with E-state index in [-0.39, 0.29) is 31.5 Å². The predicted molar refractivity (Wildman–Crippen MR) is 71.3 cm³/mol. The molecule has 0 aliphatic carbocycles. The van der Waals surface area contributed by atoms with Crippen LogP contribution in [0.25, 0.3) is 0 Å². The van der Waals surface area contributed by atoms with Crippen LogP contribution in [0.5, 0.6) is 0 Å². The highest BCUT2D eigenvalue weighted by Crippen LogP contribution is 2.04. The average Bonchev–Trinajstić information content (AvgIpc) is 2.36. The summed E-state index contributed by atoms with van der Waals surface area (Å²) >= 11 is 0. The van der Waals surface area contributed by atoms with Crippen molar-refractivity contribution in [3.05, 3.63) is 35.4 Å². The summed E-state index contributed by atoms with van der Waals surface area (Å²) < 4.78 is 4.79. The third-order valence-corrected chi connectivity index (χ3v) is 2.32. The van der Waals surface area contributed by atoms with Gasteiger partial charge < -0.3 is 20.9 Å². The lowest BCUT2D eigenvalue weighted by molar-refractivity contribution is -0.123. The van der Waals surface area contributed by atoms with Crippen LogP contribution in [0, 0.1) is 0 Å². The Hall–Kier alpha value is -1.14. The van der Waals surface area contributed by atoms with Gasteiger partial charge in [0.15, 0.2) is 0 Å². The Bertz CT molecular complexity index is 374. The zero-order valence-corrected chi connectivity index (χ0v) is 11.1. The molecule has 0 aliphatic heterocycles. The van der Waals surface area contributed by atoms with Gasteiger partial charge in [-0.25, -0.2) is 0 Å². The van der Waals surface area contributed by atoms with Crippen LogP contribution in [0.15, 0.2) is 24.3 Å². The zero-order chi connectivity index (χ0) is 12.7. The molecule has 1 aromatic carbocycles. The number of aliphatic hydroxyl groups is 1. The summed E-state index contributed by atoms with van der Waals surface area (Å²) in [6, 6.07) is 6.72. The van der Waals surface area contributed by atoms with Gasteiger partial charge >= 0.3 is 0 Å². The minimum absolute atomic E-state index is 0. The first kappa shape index (κ1) is 16.9. The third kappa shape index (κ3) is 5.46. The summed E-state index contributed by atoms with van der Waals surface area (Å²) in [7, 11) is 1.50. The molecule has 0 bridgehead atoms. The van der Waals surface area contributed by atoms with E-state index < -0.39 is 6.04 Å². The lowest BCUT2D eigenvalue weighted by atomic mass is 10.1. The Balaban J connectivity index is 0.00000289. The van der Waals surface area contributed by atoms with Crippen molar-refractivity contribution >= 4 is 18.3 Å². The first-order valence-electron chi connectivity index (χ1n) is 5.38. The van der Waals surface area contributed by atoms with E-state index in [1.807, 2.05) is 24.3 Å². The van der Waals surface area contributed by atoms with E-state index >= 15 is 0 Å². The molecule has 0 aromatic heterocycles. The Morgan fingerprint density at radius 1 is 1.50 bits per heavy atom. The summed E-state index contributed by atoms with van der Waals surface area (Å²) in [6.45, 7) is 0.581. The Morgan fingerprint density at radius 2 is 2.17 bits per heavy atom. The van der Waals surface area contributed by atoms with Crippen LogP contribution in [0.2, 0.25) is 0 Å². The van der Waals surface area contributed by atoms with Gasteiger partial charge in [-0.3, -0.25) is 4.79 Å². The third-order valence-electron chi connectivity index (χ3n) is 2.32. The van der Waals surface area contributed by atoms with Gasteiger partial charge in [0.05, 0.1) is 13.2 Å². The number of halogens is 1. The molecule has 1 aromatic rings. The van der Waals surface area contributed by atoms with Gasteiger partial charge in [0, 0.05) is 13.7 Å². The largest absolute Gasteiger partial charge is 0.392 e. The van der Waals surface area contributed by atoms with E-state index in [9.17, 15) is 4.79 Å². The van der Waals surface area contributed by atoms with E-state index in [1.165, 1.54) is 7.11 Å². The molecule has 0 radical (unpaired) electrons. The van der Waals surface area contributed by atoms with E-state index in [2.05, 4.69) is 5.32 Å². The van der Waals surface area contributed by atoms with Crippen LogP contribution in [0.1, 0.15) is 11.1 Å². The maximum absolute atomic E-state index is 11.5. The Labute approximate surface area is 113 Å². The maximum atomic E-state index is 11.5. The Kier molecular flexibility index (Phi) is 8.32. The van der Waals surface area contributed by atoms with Gasteiger partial charge in [-0.2, -0.15) is 0 Å². The number of benzene rings is 1. The van der Waals surface area contributed by atoms with Crippen LogP contribution in [-0.2, 0) is 22.7 Å². The number of rotatable bonds is 6. The lowest BCUT2D eigenvalue weighted by Crippen LogP contribution is -2.43. The van der Waals surface area contributed by atoms with E-state index in [4.69, 9.17) is 15.6 Å². The van der Waals surface area contributed by atoms with Crippen molar-refractivity contribution in [1.82, 2.24) is 5.32 Å². The van der Waals surface area contributed by atoms with Crippen molar-refractivity contribution < 1.29 is 14.6 Å². The van der Waals surface area contributed by atoms with Gasteiger partial charge in [0.2, 0.25) is 5.91 Å².